The van der Waals surface area contributed by atoms with Crippen LogP contribution in [-0.4, -0.2) is 27.6 Å². The highest BCUT2D eigenvalue weighted by Gasteiger charge is 2.12. The van der Waals surface area contributed by atoms with E-state index in [1.165, 1.54) is 0 Å². The molecule has 0 aliphatic heterocycles. The Morgan fingerprint density at radius 3 is 2.87 bits per heavy atom. The first kappa shape index (κ1) is 17.3. The number of nitrogens with zero attached hydrogens (tertiary/aromatic N) is 2. The molecule has 1 aromatic heterocycles. The molecule has 1 N–H and O–H groups in total. The lowest BCUT2D eigenvalue weighted by Crippen LogP contribution is -2.08. The Morgan fingerprint density at radius 1 is 1.39 bits per heavy atom. The van der Waals surface area contributed by atoms with Gasteiger partial charge in [-0.05, 0) is 31.5 Å². The summed E-state index contributed by atoms with van der Waals surface area (Å²) in [5, 5.41) is 12.8. The van der Waals surface area contributed by atoms with Gasteiger partial charge in [-0.2, -0.15) is 0 Å². The summed E-state index contributed by atoms with van der Waals surface area (Å²) in [6, 6.07) is 7.41. The van der Waals surface area contributed by atoms with E-state index in [-0.39, 0.29) is 5.88 Å². The van der Waals surface area contributed by atoms with Gasteiger partial charge >= 0.3 is 6.16 Å². The Labute approximate surface area is 143 Å². The molecule has 0 atom stereocenters. The van der Waals surface area contributed by atoms with Gasteiger partial charge in [-0.3, -0.25) is 4.68 Å². The van der Waals surface area contributed by atoms with Crippen LogP contribution in [0.25, 0.3) is 0 Å². The van der Waals surface area contributed by atoms with Gasteiger partial charge in [0.15, 0.2) is 0 Å². The predicted octanol–water partition coefficient (Wildman–Crippen LogP) is 4.24. The highest BCUT2D eigenvalue weighted by Crippen LogP contribution is 2.25. The van der Waals surface area contributed by atoms with Crippen molar-refractivity contribution in [2.24, 2.45) is 0 Å². The molecule has 0 fully saturated rings. The average molecular weight is 383 g/mol. The Balaban J connectivity index is 2.19. The van der Waals surface area contributed by atoms with Crippen molar-refractivity contribution in [3.8, 4) is 11.6 Å². The van der Waals surface area contributed by atoms with Crippen molar-refractivity contribution in [1.82, 2.24) is 9.78 Å². The number of halogens is 1. The molecular weight excluding hydrogens is 364 g/mol. The fourth-order valence-electron chi connectivity index (χ4n) is 2.08. The zero-order chi connectivity index (χ0) is 16.8. The number of unbranched alkanes of at least 4 members (excludes halogenated alkanes) is 1. The summed E-state index contributed by atoms with van der Waals surface area (Å²) in [5.74, 6) is 0.871. The summed E-state index contributed by atoms with van der Waals surface area (Å²) in [6.45, 7) is 5.09. The highest BCUT2D eigenvalue weighted by atomic mass is 79.9. The zero-order valence-electron chi connectivity index (χ0n) is 13.1. The first-order chi connectivity index (χ1) is 11.0. The third-order valence-corrected chi connectivity index (χ3v) is 3.74. The zero-order valence-corrected chi connectivity index (χ0v) is 14.7. The quantitative estimate of drug-likeness (QED) is 0.572. The molecule has 124 valence electrons. The smallest absolute Gasteiger partial charge is 0.493 e. The van der Waals surface area contributed by atoms with Crippen LogP contribution in [0.4, 0.5) is 4.79 Å². The monoisotopic (exact) mass is 382 g/mol. The van der Waals surface area contributed by atoms with Crippen molar-refractivity contribution in [2.75, 3.05) is 6.61 Å². The lowest BCUT2D eigenvalue weighted by atomic mass is 10.2. The first-order valence-electron chi connectivity index (χ1n) is 7.36. The minimum atomic E-state index is -1.37. The molecule has 2 aromatic rings. The summed E-state index contributed by atoms with van der Waals surface area (Å²) in [5.41, 5.74) is 1.77. The lowest BCUT2D eigenvalue weighted by molar-refractivity contribution is 0.142. The fraction of sp³-hybridized carbons (Fsp3) is 0.375. The van der Waals surface area contributed by atoms with Gasteiger partial charge in [0.1, 0.15) is 5.75 Å². The van der Waals surface area contributed by atoms with Crippen molar-refractivity contribution in [2.45, 2.75) is 33.2 Å². The molecule has 0 saturated carbocycles. The number of carbonyl (C=O) groups is 1. The first-order valence-corrected chi connectivity index (χ1v) is 8.15. The van der Waals surface area contributed by atoms with Crippen LogP contribution in [0.15, 0.2) is 28.7 Å². The molecule has 6 nitrogen and oxygen atoms in total. The van der Waals surface area contributed by atoms with Crippen LogP contribution in [-0.2, 0) is 6.54 Å². The van der Waals surface area contributed by atoms with Crippen molar-refractivity contribution in [1.29, 1.82) is 0 Å². The largest absolute Gasteiger partial charge is 0.512 e. The second-order valence-corrected chi connectivity index (χ2v) is 6.02. The lowest BCUT2D eigenvalue weighted by Gasteiger charge is -2.12. The van der Waals surface area contributed by atoms with E-state index in [0.29, 0.717) is 13.2 Å². The molecular formula is C16H19BrN2O4. The van der Waals surface area contributed by atoms with Crippen LogP contribution in [0.5, 0.6) is 11.6 Å². The van der Waals surface area contributed by atoms with Crippen molar-refractivity contribution < 1.29 is 19.4 Å². The molecule has 2 rings (SSSR count). The van der Waals surface area contributed by atoms with Crippen LogP contribution >= 0.6 is 15.9 Å². The van der Waals surface area contributed by atoms with Crippen molar-refractivity contribution in [3.63, 3.8) is 0 Å². The van der Waals surface area contributed by atoms with E-state index >= 15 is 0 Å². The second kappa shape index (κ2) is 8.01. The highest BCUT2D eigenvalue weighted by molar-refractivity contribution is 9.10. The van der Waals surface area contributed by atoms with Crippen LogP contribution in [0, 0.1) is 6.92 Å². The minimum absolute atomic E-state index is 0.0680. The molecule has 0 bridgehead atoms. The topological polar surface area (TPSA) is 73.6 Å². The molecule has 1 aromatic carbocycles. The summed E-state index contributed by atoms with van der Waals surface area (Å²) in [4.78, 5) is 10.6. The number of carboxylic acid groups (broad SMARTS) is 1. The molecule has 0 aliphatic carbocycles. The number of hydrogen-bond acceptors (Lipinski definition) is 4. The van der Waals surface area contributed by atoms with E-state index in [4.69, 9.17) is 9.84 Å². The van der Waals surface area contributed by atoms with Gasteiger partial charge in [-0.1, -0.05) is 29.3 Å². The van der Waals surface area contributed by atoms with Gasteiger partial charge in [-0.25, -0.2) is 4.79 Å². The van der Waals surface area contributed by atoms with Crippen molar-refractivity contribution >= 4 is 22.1 Å². The van der Waals surface area contributed by atoms with E-state index in [2.05, 4.69) is 32.7 Å². The maximum Gasteiger partial charge on any atom is 0.512 e. The summed E-state index contributed by atoms with van der Waals surface area (Å²) >= 11 is 3.46. The maximum absolute atomic E-state index is 10.6. The average Bonchev–Trinajstić information content (AvgIpc) is 2.80. The molecule has 0 unspecified atom stereocenters. The number of hydrogen-bond donors (Lipinski definition) is 1. The van der Waals surface area contributed by atoms with Gasteiger partial charge in [-0.15, -0.1) is 5.10 Å². The molecule has 7 heteroatoms. The number of rotatable bonds is 7. The molecule has 0 spiro atoms. The molecule has 1 heterocycles. The summed E-state index contributed by atoms with van der Waals surface area (Å²) in [6.07, 6.45) is 0.688. The number of benzene rings is 1. The van der Waals surface area contributed by atoms with Gasteiger partial charge in [0.25, 0.3) is 0 Å². The van der Waals surface area contributed by atoms with Crippen molar-refractivity contribution in [3.05, 3.63) is 40.0 Å². The molecule has 0 radical (unpaired) electrons. The summed E-state index contributed by atoms with van der Waals surface area (Å²) < 4.78 is 13.1. The van der Waals surface area contributed by atoms with E-state index in [1.807, 2.05) is 25.1 Å². The minimum Gasteiger partial charge on any atom is -0.493 e. The second-order valence-electron chi connectivity index (χ2n) is 5.10. The van der Waals surface area contributed by atoms with Crippen LogP contribution in [0.3, 0.4) is 0 Å². The van der Waals surface area contributed by atoms with Crippen LogP contribution in [0.2, 0.25) is 0 Å². The molecule has 0 saturated heterocycles. The Hall–Kier alpha value is -2.02. The Kier molecular flexibility index (Phi) is 6.04. The molecule has 0 amide bonds. The Morgan fingerprint density at radius 2 is 2.17 bits per heavy atom. The van der Waals surface area contributed by atoms with Crippen LogP contribution in [0.1, 0.15) is 31.0 Å². The van der Waals surface area contributed by atoms with E-state index in [9.17, 15) is 4.79 Å². The maximum atomic E-state index is 10.6. The van der Waals surface area contributed by atoms with Gasteiger partial charge in [0.05, 0.1) is 13.2 Å². The fourth-order valence-corrected chi connectivity index (χ4v) is 2.49. The SMILES string of the molecule is CCCCOc1ccc(Br)cc1Cn1nc(OC(=O)O)cc1C. The molecule has 0 aliphatic rings. The molecule has 23 heavy (non-hydrogen) atoms. The third kappa shape index (κ3) is 4.99. The van der Waals surface area contributed by atoms with E-state index in [0.717, 1.165) is 34.3 Å². The standard InChI is InChI=1S/C16H19BrN2O4/c1-3-4-7-22-14-6-5-13(17)9-12(14)10-19-11(2)8-15(18-19)23-16(20)21/h5-6,8-9H,3-4,7,10H2,1-2H3,(H,20,21). The normalized spacial score (nSPS) is 10.6. The van der Waals surface area contributed by atoms with E-state index in [1.54, 1.807) is 10.7 Å². The predicted molar refractivity (Wildman–Crippen MR) is 89.3 cm³/mol. The number of aromatic nitrogens is 2. The number of ether oxygens (including phenoxy) is 2. The van der Waals surface area contributed by atoms with E-state index < -0.39 is 6.16 Å². The van der Waals surface area contributed by atoms with Gasteiger partial charge < -0.3 is 14.6 Å². The van der Waals surface area contributed by atoms with Gasteiger partial charge in [0.2, 0.25) is 5.88 Å². The number of aryl methyl sites for hydroxylation is 1. The van der Waals surface area contributed by atoms with Crippen LogP contribution < -0.4 is 9.47 Å². The van der Waals surface area contributed by atoms with Gasteiger partial charge in [0, 0.05) is 21.8 Å². The Bertz CT molecular complexity index is 685. The summed E-state index contributed by atoms with van der Waals surface area (Å²) in [7, 11) is 0. The third-order valence-electron chi connectivity index (χ3n) is 3.25.